The lowest BCUT2D eigenvalue weighted by molar-refractivity contribution is 0.252. The van der Waals surface area contributed by atoms with E-state index in [2.05, 4.69) is 19.2 Å². The second kappa shape index (κ2) is 8.93. The van der Waals surface area contributed by atoms with Crippen LogP contribution in [0.1, 0.15) is 46.0 Å². The Kier molecular flexibility index (Phi) is 6.87. The lowest BCUT2D eigenvalue weighted by Gasteiger charge is -2.27. The summed E-state index contributed by atoms with van der Waals surface area (Å²) in [7, 11) is 0. The Morgan fingerprint density at radius 2 is 1.62 bits per heavy atom. The molecule has 0 bridgehead atoms. The van der Waals surface area contributed by atoms with Gasteiger partial charge in [-0.2, -0.15) is 0 Å². The summed E-state index contributed by atoms with van der Waals surface area (Å²) in [5.74, 6) is 2.61. The topological polar surface area (TPSA) is 30.5 Å². The van der Waals surface area contributed by atoms with Crippen LogP contribution >= 0.6 is 0 Å². The number of ether oxygens (including phenoxy) is 2. The van der Waals surface area contributed by atoms with Crippen molar-refractivity contribution in [2.45, 2.75) is 52.0 Å². The monoisotopic (exact) mass is 291 g/mol. The molecular weight excluding hydrogens is 262 g/mol. The van der Waals surface area contributed by atoms with Crippen molar-refractivity contribution in [1.29, 1.82) is 0 Å². The number of hydrogen-bond donors (Lipinski definition) is 1. The lowest BCUT2D eigenvalue weighted by atomic mass is 9.87. The van der Waals surface area contributed by atoms with Crippen molar-refractivity contribution < 1.29 is 9.47 Å². The van der Waals surface area contributed by atoms with Gasteiger partial charge in [0.1, 0.15) is 6.61 Å². The highest BCUT2D eigenvalue weighted by atomic mass is 16.5. The molecule has 2 rings (SSSR count). The van der Waals surface area contributed by atoms with Gasteiger partial charge in [0.25, 0.3) is 0 Å². The van der Waals surface area contributed by atoms with Crippen LogP contribution in [0, 0.1) is 5.92 Å². The predicted octanol–water partition coefficient (Wildman–Crippen LogP) is 4.02. The van der Waals surface area contributed by atoms with Crippen LogP contribution < -0.4 is 14.8 Å². The van der Waals surface area contributed by atoms with Crippen LogP contribution in [-0.4, -0.2) is 25.8 Å². The molecule has 1 N–H and O–H groups in total. The van der Waals surface area contributed by atoms with Gasteiger partial charge < -0.3 is 14.8 Å². The normalized spacial score (nSPS) is 22.0. The quantitative estimate of drug-likeness (QED) is 0.734. The van der Waals surface area contributed by atoms with Gasteiger partial charge in [0, 0.05) is 12.6 Å². The van der Waals surface area contributed by atoms with E-state index in [0.29, 0.717) is 12.6 Å². The minimum absolute atomic E-state index is 0.677. The van der Waals surface area contributed by atoms with Gasteiger partial charge >= 0.3 is 0 Å². The van der Waals surface area contributed by atoms with Crippen LogP contribution in [0.25, 0.3) is 0 Å². The van der Waals surface area contributed by atoms with E-state index in [4.69, 9.17) is 9.47 Å². The molecule has 0 saturated heterocycles. The number of para-hydroxylation sites is 2. The fourth-order valence-electron chi connectivity index (χ4n) is 2.79. The Labute approximate surface area is 129 Å². The van der Waals surface area contributed by atoms with Crippen molar-refractivity contribution in [3.63, 3.8) is 0 Å². The van der Waals surface area contributed by atoms with Gasteiger partial charge in [0.2, 0.25) is 0 Å². The highest BCUT2D eigenvalue weighted by Crippen LogP contribution is 2.26. The van der Waals surface area contributed by atoms with Crippen molar-refractivity contribution in [2.24, 2.45) is 5.92 Å². The Bertz CT molecular complexity index is 400. The largest absolute Gasteiger partial charge is 0.490 e. The molecule has 3 heteroatoms. The van der Waals surface area contributed by atoms with E-state index in [0.717, 1.165) is 37.0 Å². The average molecular weight is 291 g/mol. The SMILES string of the molecule is CCCOc1ccccc1OCCNC1CCC(C)CC1. The molecule has 0 aliphatic heterocycles. The standard InChI is InChI=1S/C18H29NO2/c1-3-13-20-17-6-4-5-7-18(17)21-14-12-19-16-10-8-15(2)9-11-16/h4-7,15-16,19H,3,8-14H2,1-2H3. The molecule has 3 nitrogen and oxygen atoms in total. The molecule has 0 atom stereocenters. The molecule has 21 heavy (non-hydrogen) atoms. The smallest absolute Gasteiger partial charge is 0.161 e. The van der Waals surface area contributed by atoms with Crippen LogP contribution in [0.5, 0.6) is 11.5 Å². The average Bonchev–Trinajstić information content (AvgIpc) is 2.52. The van der Waals surface area contributed by atoms with Gasteiger partial charge in [-0.25, -0.2) is 0 Å². The molecule has 0 spiro atoms. The van der Waals surface area contributed by atoms with Crippen molar-refractivity contribution in [3.8, 4) is 11.5 Å². The summed E-state index contributed by atoms with van der Waals surface area (Å²) in [5, 5.41) is 3.61. The Balaban J connectivity index is 1.68. The zero-order chi connectivity index (χ0) is 14.9. The lowest BCUT2D eigenvalue weighted by Crippen LogP contribution is -2.35. The zero-order valence-corrected chi connectivity index (χ0v) is 13.4. The first-order chi connectivity index (χ1) is 10.3. The maximum absolute atomic E-state index is 5.86. The number of hydrogen-bond acceptors (Lipinski definition) is 3. The fraction of sp³-hybridized carbons (Fsp3) is 0.667. The first kappa shape index (κ1) is 16.2. The summed E-state index contributed by atoms with van der Waals surface area (Å²) in [6.45, 7) is 6.80. The Morgan fingerprint density at radius 1 is 1.00 bits per heavy atom. The predicted molar refractivity (Wildman–Crippen MR) is 87.1 cm³/mol. The van der Waals surface area contributed by atoms with E-state index in [1.54, 1.807) is 0 Å². The van der Waals surface area contributed by atoms with Crippen LogP contribution in [0.4, 0.5) is 0 Å². The molecule has 0 unspecified atom stereocenters. The molecule has 1 aliphatic rings. The van der Waals surface area contributed by atoms with Gasteiger partial charge in [-0.15, -0.1) is 0 Å². The first-order valence-electron chi connectivity index (χ1n) is 8.37. The minimum Gasteiger partial charge on any atom is -0.490 e. The third-order valence-electron chi connectivity index (χ3n) is 4.12. The van der Waals surface area contributed by atoms with Crippen LogP contribution in [0.15, 0.2) is 24.3 Å². The van der Waals surface area contributed by atoms with E-state index < -0.39 is 0 Å². The summed E-state index contributed by atoms with van der Waals surface area (Å²) in [6, 6.07) is 8.61. The molecule has 118 valence electrons. The summed E-state index contributed by atoms with van der Waals surface area (Å²) >= 11 is 0. The Hall–Kier alpha value is -1.22. The minimum atomic E-state index is 0.677. The summed E-state index contributed by atoms with van der Waals surface area (Å²) < 4.78 is 11.6. The zero-order valence-electron chi connectivity index (χ0n) is 13.4. The molecule has 0 heterocycles. The molecule has 1 aromatic rings. The second-order valence-electron chi connectivity index (χ2n) is 6.05. The van der Waals surface area contributed by atoms with E-state index in [-0.39, 0.29) is 0 Å². The first-order valence-corrected chi connectivity index (χ1v) is 8.37. The van der Waals surface area contributed by atoms with E-state index >= 15 is 0 Å². The van der Waals surface area contributed by atoms with E-state index in [1.807, 2.05) is 24.3 Å². The molecule has 1 saturated carbocycles. The van der Waals surface area contributed by atoms with Crippen molar-refractivity contribution in [3.05, 3.63) is 24.3 Å². The maximum atomic E-state index is 5.86. The van der Waals surface area contributed by atoms with Crippen LogP contribution in [0.3, 0.4) is 0 Å². The van der Waals surface area contributed by atoms with Gasteiger partial charge in [-0.05, 0) is 50.2 Å². The maximum Gasteiger partial charge on any atom is 0.161 e. The third kappa shape index (κ3) is 5.58. The number of benzene rings is 1. The van der Waals surface area contributed by atoms with Crippen LogP contribution in [0.2, 0.25) is 0 Å². The van der Waals surface area contributed by atoms with E-state index in [1.165, 1.54) is 25.7 Å². The number of nitrogens with one attached hydrogen (secondary N) is 1. The molecule has 0 aromatic heterocycles. The third-order valence-corrected chi connectivity index (χ3v) is 4.12. The van der Waals surface area contributed by atoms with Crippen molar-refractivity contribution >= 4 is 0 Å². The second-order valence-corrected chi connectivity index (χ2v) is 6.05. The van der Waals surface area contributed by atoms with Gasteiger partial charge in [0.15, 0.2) is 11.5 Å². The van der Waals surface area contributed by atoms with Gasteiger partial charge in [0.05, 0.1) is 6.61 Å². The fourth-order valence-corrected chi connectivity index (χ4v) is 2.79. The van der Waals surface area contributed by atoms with Crippen molar-refractivity contribution in [1.82, 2.24) is 5.32 Å². The molecule has 1 aromatic carbocycles. The Morgan fingerprint density at radius 3 is 2.24 bits per heavy atom. The summed E-state index contributed by atoms with van der Waals surface area (Å²) in [5.41, 5.74) is 0. The van der Waals surface area contributed by atoms with Crippen LogP contribution in [-0.2, 0) is 0 Å². The highest BCUT2D eigenvalue weighted by molar-refractivity contribution is 5.39. The summed E-state index contributed by atoms with van der Waals surface area (Å²) in [4.78, 5) is 0. The molecule has 0 amide bonds. The highest BCUT2D eigenvalue weighted by Gasteiger charge is 2.17. The van der Waals surface area contributed by atoms with E-state index in [9.17, 15) is 0 Å². The number of rotatable bonds is 8. The van der Waals surface area contributed by atoms with Gasteiger partial charge in [-0.1, -0.05) is 26.0 Å². The molecule has 1 fully saturated rings. The van der Waals surface area contributed by atoms with Crippen molar-refractivity contribution in [2.75, 3.05) is 19.8 Å². The molecular formula is C18H29NO2. The molecule has 0 radical (unpaired) electrons. The summed E-state index contributed by atoms with van der Waals surface area (Å²) in [6.07, 6.45) is 6.32. The van der Waals surface area contributed by atoms with Gasteiger partial charge in [-0.3, -0.25) is 0 Å². The molecule has 1 aliphatic carbocycles.